The Hall–Kier alpha value is -2.84. The van der Waals surface area contributed by atoms with Gasteiger partial charge in [-0.1, -0.05) is 28.1 Å². The van der Waals surface area contributed by atoms with Gasteiger partial charge in [-0.2, -0.15) is 0 Å². The number of thiophene rings is 1. The van der Waals surface area contributed by atoms with Crippen LogP contribution in [0.25, 0.3) is 5.57 Å². The lowest BCUT2D eigenvalue weighted by molar-refractivity contribution is -0.120. The van der Waals surface area contributed by atoms with Crippen LogP contribution < -0.4 is 10.2 Å². The fourth-order valence-electron chi connectivity index (χ4n) is 2.88. The van der Waals surface area contributed by atoms with E-state index in [2.05, 4.69) is 21.2 Å². The number of rotatable bonds is 4. The van der Waals surface area contributed by atoms with E-state index in [9.17, 15) is 18.4 Å². The molecule has 1 aliphatic heterocycles. The van der Waals surface area contributed by atoms with Crippen molar-refractivity contribution in [3.05, 3.63) is 86.7 Å². The van der Waals surface area contributed by atoms with Crippen molar-refractivity contribution in [2.45, 2.75) is 0 Å². The largest absolute Gasteiger partial charge is 0.350 e. The Morgan fingerprint density at radius 3 is 2.50 bits per heavy atom. The molecule has 1 aliphatic rings. The number of anilines is 2. The topological polar surface area (TPSA) is 49.4 Å². The van der Waals surface area contributed by atoms with Crippen molar-refractivity contribution < 1.29 is 18.4 Å². The van der Waals surface area contributed by atoms with Gasteiger partial charge in [0.05, 0.1) is 11.3 Å². The molecule has 8 heteroatoms. The maximum atomic E-state index is 14.3. The molecule has 2 amide bonds. The molecule has 0 radical (unpaired) electrons. The number of benzene rings is 2. The van der Waals surface area contributed by atoms with Gasteiger partial charge in [0, 0.05) is 21.1 Å². The van der Waals surface area contributed by atoms with E-state index in [1.165, 1.54) is 11.3 Å². The summed E-state index contributed by atoms with van der Waals surface area (Å²) < 4.78 is 28.7. The van der Waals surface area contributed by atoms with Crippen LogP contribution in [-0.4, -0.2) is 11.8 Å². The number of halogens is 3. The van der Waals surface area contributed by atoms with Crippen LogP contribution in [0.3, 0.4) is 0 Å². The summed E-state index contributed by atoms with van der Waals surface area (Å²) in [4.78, 5) is 27.3. The monoisotopic (exact) mass is 460 g/mol. The van der Waals surface area contributed by atoms with Gasteiger partial charge >= 0.3 is 0 Å². The summed E-state index contributed by atoms with van der Waals surface area (Å²) in [7, 11) is 0. The molecule has 3 aromatic rings. The number of amides is 2. The third kappa shape index (κ3) is 3.25. The summed E-state index contributed by atoms with van der Waals surface area (Å²) in [5.74, 6) is -3.08. The molecule has 1 N–H and O–H groups in total. The van der Waals surface area contributed by atoms with Crippen LogP contribution in [0, 0.1) is 11.6 Å². The van der Waals surface area contributed by atoms with Gasteiger partial charge in [0.15, 0.2) is 0 Å². The van der Waals surface area contributed by atoms with Crippen LogP contribution >= 0.6 is 27.3 Å². The number of nitrogens with zero attached hydrogens (tertiary/aromatic N) is 1. The predicted molar refractivity (Wildman–Crippen MR) is 108 cm³/mol. The Morgan fingerprint density at radius 1 is 0.964 bits per heavy atom. The minimum atomic E-state index is -0.864. The first-order valence-electron chi connectivity index (χ1n) is 8.10. The van der Waals surface area contributed by atoms with Gasteiger partial charge in [0.1, 0.15) is 17.3 Å². The molecule has 4 rings (SSSR count). The van der Waals surface area contributed by atoms with Crippen LogP contribution in [0.15, 0.2) is 70.1 Å². The lowest BCUT2D eigenvalue weighted by Crippen LogP contribution is -2.33. The summed E-state index contributed by atoms with van der Waals surface area (Å²) >= 11 is 4.62. The third-order valence-corrected chi connectivity index (χ3v) is 5.48. The highest BCUT2D eigenvalue weighted by Gasteiger charge is 2.41. The molecular weight excluding hydrogens is 450 g/mol. The summed E-state index contributed by atoms with van der Waals surface area (Å²) in [6.45, 7) is 0. The molecule has 0 bridgehead atoms. The molecule has 1 aromatic heterocycles. The molecule has 2 aromatic carbocycles. The SMILES string of the molecule is O=C1C(Nc2cccc(Br)c2)=C(c2cccs2)C(=O)N1c1cc(F)ccc1F. The molecule has 0 fully saturated rings. The summed E-state index contributed by atoms with van der Waals surface area (Å²) in [6.07, 6.45) is 0. The Bertz CT molecular complexity index is 1130. The molecule has 0 saturated heterocycles. The van der Waals surface area contributed by atoms with Gasteiger partial charge < -0.3 is 5.32 Å². The summed E-state index contributed by atoms with van der Waals surface area (Å²) in [6, 6.07) is 13.1. The number of carbonyl (C=O) groups excluding carboxylic acids is 2. The average molecular weight is 461 g/mol. The maximum absolute atomic E-state index is 14.3. The van der Waals surface area contributed by atoms with Gasteiger partial charge in [0.25, 0.3) is 11.8 Å². The highest BCUT2D eigenvalue weighted by molar-refractivity contribution is 9.10. The smallest absolute Gasteiger partial charge is 0.282 e. The molecule has 0 saturated carbocycles. The molecule has 140 valence electrons. The van der Waals surface area contributed by atoms with E-state index < -0.39 is 29.1 Å². The molecule has 0 aliphatic carbocycles. The first-order valence-corrected chi connectivity index (χ1v) is 9.77. The fourth-order valence-corrected chi connectivity index (χ4v) is 4.05. The van der Waals surface area contributed by atoms with E-state index in [0.29, 0.717) is 15.5 Å². The predicted octanol–water partition coefficient (Wildman–Crippen LogP) is 5.19. The molecule has 0 spiro atoms. The fraction of sp³-hybridized carbons (Fsp3) is 0. The summed E-state index contributed by atoms with van der Waals surface area (Å²) in [5, 5.41) is 4.73. The molecule has 4 nitrogen and oxygen atoms in total. The molecule has 0 unspecified atom stereocenters. The minimum Gasteiger partial charge on any atom is -0.350 e. The van der Waals surface area contributed by atoms with Crippen LogP contribution in [0.1, 0.15) is 4.88 Å². The first-order chi connectivity index (χ1) is 13.5. The number of nitrogens with one attached hydrogen (secondary N) is 1. The zero-order valence-electron chi connectivity index (χ0n) is 14.1. The number of hydrogen-bond acceptors (Lipinski definition) is 4. The van der Waals surface area contributed by atoms with Crippen LogP contribution in [0.2, 0.25) is 0 Å². The Balaban J connectivity index is 1.83. The zero-order valence-corrected chi connectivity index (χ0v) is 16.5. The zero-order chi connectivity index (χ0) is 19.8. The van der Waals surface area contributed by atoms with E-state index in [1.807, 2.05) is 6.07 Å². The first kappa shape index (κ1) is 18.5. The molecule has 2 heterocycles. The second-order valence-corrected chi connectivity index (χ2v) is 7.77. The van der Waals surface area contributed by atoms with Crippen molar-refractivity contribution in [1.29, 1.82) is 0 Å². The van der Waals surface area contributed by atoms with E-state index in [1.54, 1.807) is 35.7 Å². The van der Waals surface area contributed by atoms with E-state index in [4.69, 9.17) is 0 Å². The second kappa shape index (κ2) is 7.29. The lowest BCUT2D eigenvalue weighted by atomic mass is 10.2. The molecule has 28 heavy (non-hydrogen) atoms. The van der Waals surface area contributed by atoms with Gasteiger partial charge in [-0.25, -0.2) is 13.7 Å². The Morgan fingerprint density at radius 2 is 1.79 bits per heavy atom. The van der Waals surface area contributed by atoms with Crippen molar-refractivity contribution in [3.63, 3.8) is 0 Å². The number of imide groups is 1. The van der Waals surface area contributed by atoms with Crippen molar-refractivity contribution in [3.8, 4) is 0 Å². The van der Waals surface area contributed by atoms with Crippen LogP contribution in [0.5, 0.6) is 0 Å². The highest BCUT2D eigenvalue weighted by Crippen LogP contribution is 2.36. The standard InChI is InChI=1S/C20H11BrF2N2O2S/c21-11-3-1-4-13(9-11)24-18-17(16-5-2-8-28-16)19(26)25(20(18)27)15-10-12(22)6-7-14(15)23/h1-10,24H. The third-order valence-electron chi connectivity index (χ3n) is 4.09. The van der Waals surface area contributed by atoms with Crippen molar-refractivity contribution in [2.75, 3.05) is 10.2 Å². The Labute approximate surface area is 171 Å². The van der Waals surface area contributed by atoms with Gasteiger partial charge in [-0.3, -0.25) is 9.59 Å². The van der Waals surface area contributed by atoms with Gasteiger partial charge in [-0.15, -0.1) is 11.3 Å². The quantitative estimate of drug-likeness (QED) is 0.545. The number of carbonyl (C=O) groups is 2. The van der Waals surface area contributed by atoms with Gasteiger partial charge in [-0.05, 0) is 41.8 Å². The number of hydrogen-bond donors (Lipinski definition) is 1. The average Bonchev–Trinajstić information content (AvgIpc) is 3.25. The van der Waals surface area contributed by atoms with E-state index in [0.717, 1.165) is 22.7 Å². The summed E-state index contributed by atoms with van der Waals surface area (Å²) in [5.41, 5.74) is 0.272. The second-order valence-electron chi connectivity index (χ2n) is 5.90. The van der Waals surface area contributed by atoms with Gasteiger partial charge in [0.2, 0.25) is 0 Å². The molecular formula is C20H11BrF2N2O2S. The Kier molecular flexibility index (Phi) is 4.82. The van der Waals surface area contributed by atoms with E-state index in [-0.39, 0.29) is 11.3 Å². The maximum Gasteiger partial charge on any atom is 0.282 e. The normalized spacial score (nSPS) is 14.2. The van der Waals surface area contributed by atoms with Crippen molar-refractivity contribution in [1.82, 2.24) is 0 Å². The van der Waals surface area contributed by atoms with Crippen LogP contribution in [0.4, 0.5) is 20.2 Å². The van der Waals surface area contributed by atoms with Crippen molar-refractivity contribution >= 4 is 56.0 Å². The van der Waals surface area contributed by atoms with Crippen LogP contribution in [-0.2, 0) is 9.59 Å². The van der Waals surface area contributed by atoms with Crippen molar-refractivity contribution in [2.24, 2.45) is 0 Å². The van der Waals surface area contributed by atoms with E-state index >= 15 is 0 Å². The molecule has 0 atom stereocenters. The lowest BCUT2D eigenvalue weighted by Gasteiger charge is -2.16. The minimum absolute atomic E-state index is 0.00853. The highest BCUT2D eigenvalue weighted by atomic mass is 79.9.